The van der Waals surface area contributed by atoms with Gasteiger partial charge in [0.1, 0.15) is 0 Å². The molecule has 0 aromatic rings. The van der Waals surface area contributed by atoms with Crippen LogP contribution in [-0.2, 0) is 14.3 Å². The Labute approximate surface area is 97.9 Å². The van der Waals surface area contributed by atoms with Crippen molar-refractivity contribution in [3.63, 3.8) is 0 Å². The third-order valence-electron chi connectivity index (χ3n) is 1.93. The summed E-state index contributed by atoms with van der Waals surface area (Å²) in [6.45, 7) is 5.93. The van der Waals surface area contributed by atoms with Gasteiger partial charge in [0.15, 0.2) is 0 Å². The van der Waals surface area contributed by atoms with Crippen LogP contribution in [0.25, 0.3) is 0 Å². The van der Waals surface area contributed by atoms with Gasteiger partial charge in [-0.05, 0) is 19.4 Å². The molecule has 0 unspecified atom stereocenters. The average molecular weight is 232 g/mol. The maximum absolute atomic E-state index is 11.2. The second-order valence-corrected chi connectivity index (χ2v) is 3.49. The fourth-order valence-corrected chi connectivity index (χ4v) is 1.07. The molecule has 0 aliphatic heterocycles. The van der Waals surface area contributed by atoms with Crippen molar-refractivity contribution >= 4 is 5.91 Å². The second kappa shape index (κ2) is 12.4. The van der Waals surface area contributed by atoms with Gasteiger partial charge in [-0.1, -0.05) is 6.92 Å². The molecule has 2 N–H and O–H groups in total. The lowest BCUT2D eigenvalue weighted by Crippen LogP contribution is -2.34. The molecule has 16 heavy (non-hydrogen) atoms. The molecule has 0 atom stereocenters. The first-order chi connectivity index (χ1) is 7.81. The zero-order valence-corrected chi connectivity index (χ0v) is 10.4. The maximum Gasteiger partial charge on any atom is 0.233 e. The molecule has 0 rings (SSSR count). The summed E-state index contributed by atoms with van der Waals surface area (Å²) in [5.41, 5.74) is 0. The molecule has 0 fully saturated rings. The Kier molecular flexibility index (Phi) is 11.9. The van der Waals surface area contributed by atoms with Crippen molar-refractivity contribution in [1.29, 1.82) is 0 Å². The summed E-state index contributed by atoms with van der Waals surface area (Å²) < 4.78 is 10.1. The van der Waals surface area contributed by atoms with Crippen LogP contribution in [0.3, 0.4) is 0 Å². The number of ether oxygens (including phenoxy) is 2. The highest BCUT2D eigenvalue weighted by Gasteiger charge is 1.97. The molecular formula is C11H24N2O3. The zero-order valence-electron chi connectivity index (χ0n) is 10.4. The van der Waals surface area contributed by atoms with Gasteiger partial charge in [0, 0.05) is 20.3 Å². The number of nitrogens with one attached hydrogen (secondary N) is 2. The van der Waals surface area contributed by atoms with Crippen molar-refractivity contribution in [2.75, 3.05) is 46.6 Å². The van der Waals surface area contributed by atoms with Crippen molar-refractivity contribution < 1.29 is 14.3 Å². The molecular weight excluding hydrogens is 208 g/mol. The minimum absolute atomic E-state index is 0.0575. The normalized spacial score (nSPS) is 10.4. The lowest BCUT2D eigenvalue weighted by atomic mass is 10.4. The van der Waals surface area contributed by atoms with Crippen LogP contribution < -0.4 is 10.6 Å². The number of hydrogen-bond donors (Lipinski definition) is 2. The van der Waals surface area contributed by atoms with Gasteiger partial charge in [0.25, 0.3) is 0 Å². The zero-order chi connectivity index (χ0) is 12.1. The first-order valence-electron chi connectivity index (χ1n) is 5.85. The van der Waals surface area contributed by atoms with Gasteiger partial charge >= 0.3 is 0 Å². The molecule has 0 bridgehead atoms. The van der Waals surface area contributed by atoms with E-state index >= 15 is 0 Å². The molecule has 0 radical (unpaired) electrons. The fraction of sp³-hybridized carbons (Fsp3) is 0.909. The molecule has 1 amide bonds. The van der Waals surface area contributed by atoms with Crippen LogP contribution in [0.5, 0.6) is 0 Å². The number of rotatable bonds is 11. The summed E-state index contributed by atoms with van der Waals surface area (Å²) in [7, 11) is 1.65. The molecule has 0 saturated carbocycles. The highest BCUT2D eigenvalue weighted by Crippen LogP contribution is 1.81. The third-order valence-corrected chi connectivity index (χ3v) is 1.93. The van der Waals surface area contributed by atoms with Gasteiger partial charge in [-0.15, -0.1) is 0 Å². The van der Waals surface area contributed by atoms with E-state index in [1.165, 1.54) is 0 Å². The van der Waals surface area contributed by atoms with Crippen LogP contribution in [0.1, 0.15) is 19.8 Å². The molecule has 5 nitrogen and oxygen atoms in total. The van der Waals surface area contributed by atoms with Crippen LogP contribution in [0.2, 0.25) is 0 Å². The first-order valence-corrected chi connectivity index (χ1v) is 5.85. The van der Waals surface area contributed by atoms with Gasteiger partial charge in [0.2, 0.25) is 5.91 Å². The van der Waals surface area contributed by atoms with Gasteiger partial charge in [-0.2, -0.15) is 0 Å². The Morgan fingerprint density at radius 3 is 2.69 bits per heavy atom. The molecule has 0 aromatic carbocycles. The predicted molar refractivity (Wildman–Crippen MR) is 63.5 cm³/mol. The Bertz CT molecular complexity index is 165. The van der Waals surface area contributed by atoms with E-state index in [2.05, 4.69) is 10.6 Å². The maximum atomic E-state index is 11.2. The molecule has 5 heteroatoms. The largest absolute Gasteiger partial charge is 0.382 e. The van der Waals surface area contributed by atoms with Crippen molar-refractivity contribution in [2.24, 2.45) is 0 Å². The van der Waals surface area contributed by atoms with Crippen LogP contribution >= 0.6 is 0 Å². The Balaban J connectivity index is 3.05. The van der Waals surface area contributed by atoms with Crippen LogP contribution in [0.15, 0.2) is 0 Å². The van der Waals surface area contributed by atoms with E-state index < -0.39 is 0 Å². The van der Waals surface area contributed by atoms with Gasteiger partial charge in [-0.25, -0.2) is 0 Å². The van der Waals surface area contributed by atoms with Gasteiger partial charge in [0.05, 0.1) is 19.8 Å². The van der Waals surface area contributed by atoms with Crippen molar-refractivity contribution in [3.8, 4) is 0 Å². The average Bonchev–Trinajstić information content (AvgIpc) is 2.30. The molecule has 0 heterocycles. The lowest BCUT2D eigenvalue weighted by Gasteiger charge is -2.06. The monoisotopic (exact) mass is 232 g/mol. The highest BCUT2D eigenvalue weighted by atomic mass is 16.5. The summed E-state index contributed by atoms with van der Waals surface area (Å²) in [5.74, 6) is 0.0575. The van der Waals surface area contributed by atoms with Crippen molar-refractivity contribution in [3.05, 3.63) is 0 Å². The minimum atomic E-state index is 0.0575. The molecule has 0 spiro atoms. The van der Waals surface area contributed by atoms with E-state index in [-0.39, 0.29) is 5.91 Å². The third kappa shape index (κ3) is 11.4. The predicted octanol–water partition coefficient (Wildman–Crippen LogP) is 0.155. The Morgan fingerprint density at radius 1 is 1.19 bits per heavy atom. The van der Waals surface area contributed by atoms with Gasteiger partial charge < -0.3 is 20.1 Å². The SMILES string of the molecule is CCCNC(=O)CNCCCOCCOC. The summed E-state index contributed by atoms with van der Waals surface area (Å²) in [6.07, 6.45) is 1.88. The van der Waals surface area contributed by atoms with Crippen molar-refractivity contribution in [2.45, 2.75) is 19.8 Å². The minimum Gasteiger partial charge on any atom is -0.382 e. The van der Waals surface area contributed by atoms with E-state index in [0.29, 0.717) is 26.4 Å². The van der Waals surface area contributed by atoms with E-state index in [0.717, 1.165) is 25.9 Å². The van der Waals surface area contributed by atoms with E-state index in [4.69, 9.17) is 9.47 Å². The lowest BCUT2D eigenvalue weighted by molar-refractivity contribution is -0.120. The van der Waals surface area contributed by atoms with Crippen molar-refractivity contribution in [1.82, 2.24) is 10.6 Å². The van der Waals surface area contributed by atoms with Crippen LogP contribution in [0, 0.1) is 0 Å². The van der Waals surface area contributed by atoms with Crippen LogP contribution in [-0.4, -0.2) is 52.5 Å². The number of amides is 1. The quantitative estimate of drug-likeness (QED) is 0.498. The second-order valence-electron chi connectivity index (χ2n) is 3.49. The molecule has 0 saturated heterocycles. The fourth-order valence-electron chi connectivity index (χ4n) is 1.07. The smallest absolute Gasteiger partial charge is 0.233 e. The van der Waals surface area contributed by atoms with E-state index in [1.54, 1.807) is 7.11 Å². The summed E-state index contributed by atoms with van der Waals surface area (Å²) in [5, 5.41) is 5.86. The van der Waals surface area contributed by atoms with Crippen LogP contribution in [0.4, 0.5) is 0 Å². The molecule has 0 aliphatic carbocycles. The van der Waals surface area contributed by atoms with E-state index in [1.807, 2.05) is 6.92 Å². The molecule has 0 aliphatic rings. The standard InChI is InChI=1S/C11H24N2O3/c1-3-5-13-11(14)10-12-6-4-7-16-9-8-15-2/h12H,3-10H2,1-2H3,(H,13,14). The summed E-state index contributed by atoms with van der Waals surface area (Å²) >= 11 is 0. The van der Waals surface area contributed by atoms with E-state index in [9.17, 15) is 4.79 Å². The Hall–Kier alpha value is -0.650. The number of carbonyl (C=O) groups is 1. The topological polar surface area (TPSA) is 59.6 Å². The number of carbonyl (C=O) groups excluding carboxylic acids is 1. The summed E-state index contributed by atoms with van der Waals surface area (Å²) in [4.78, 5) is 11.2. The number of hydrogen-bond acceptors (Lipinski definition) is 4. The molecule has 0 aromatic heterocycles. The summed E-state index contributed by atoms with van der Waals surface area (Å²) in [6, 6.07) is 0. The first kappa shape index (κ1) is 15.3. The molecule has 96 valence electrons. The highest BCUT2D eigenvalue weighted by molar-refractivity contribution is 5.77. The Morgan fingerprint density at radius 2 is 2.00 bits per heavy atom. The number of methoxy groups -OCH3 is 1. The van der Waals surface area contributed by atoms with Gasteiger partial charge in [-0.3, -0.25) is 4.79 Å².